The van der Waals surface area contributed by atoms with E-state index in [1.165, 1.54) is 0 Å². The quantitative estimate of drug-likeness (QED) is 0.710. The van der Waals surface area contributed by atoms with Crippen molar-refractivity contribution >= 4 is 11.8 Å². The molecule has 1 heterocycles. The van der Waals surface area contributed by atoms with E-state index in [4.69, 9.17) is 5.73 Å². The summed E-state index contributed by atoms with van der Waals surface area (Å²) < 4.78 is 25.7. The molecule has 7 heteroatoms. The molecule has 1 aromatic heterocycles. The molecule has 0 spiro atoms. The van der Waals surface area contributed by atoms with Gasteiger partial charge in [-0.25, -0.2) is 9.37 Å². The number of aromatic nitrogens is 1. The first kappa shape index (κ1) is 12.0. The number of nitrogens with one attached hydrogen (secondary N) is 1. The summed E-state index contributed by atoms with van der Waals surface area (Å²) in [6.07, 6.45) is 0.905. The van der Waals surface area contributed by atoms with E-state index < -0.39 is 29.1 Å². The molecule has 5 nitrogen and oxygen atoms in total. The van der Waals surface area contributed by atoms with Crippen LogP contribution in [0.25, 0.3) is 0 Å². The number of amides is 2. The molecule has 1 rings (SSSR count). The Kier molecular flexibility index (Phi) is 3.87. The molecule has 0 fully saturated rings. The summed E-state index contributed by atoms with van der Waals surface area (Å²) >= 11 is 0. The molecule has 0 saturated carbocycles. The van der Waals surface area contributed by atoms with E-state index >= 15 is 0 Å². The van der Waals surface area contributed by atoms with Crippen molar-refractivity contribution < 1.29 is 18.4 Å². The average Bonchev–Trinajstić information content (AvgIpc) is 2.21. The van der Waals surface area contributed by atoms with Crippen LogP contribution in [0, 0.1) is 11.8 Å². The summed E-state index contributed by atoms with van der Waals surface area (Å²) in [6.45, 7) is -0.0302. The number of hydrogen-bond donors (Lipinski definition) is 2. The maximum atomic E-state index is 13.0. The number of carbonyl (C=O) groups is 2. The maximum absolute atomic E-state index is 13.0. The Balaban J connectivity index is 2.66. The summed E-state index contributed by atoms with van der Waals surface area (Å²) in [4.78, 5) is 24.7. The summed E-state index contributed by atoms with van der Waals surface area (Å²) in [7, 11) is 0. The molecule has 3 N–H and O–H groups in total. The molecule has 0 aliphatic heterocycles. The van der Waals surface area contributed by atoms with Crippen molar-refractivity contribution in [3.8, 4) is 0 Å². The summed E-state index contributed by atoms with van der Waals surface area (Å²) in [5.41, 5.74) is 4.38. The number of halogens is 2. The van der Waals surface area contributed by atoms with Gasteiger partial charge in [0.2, 0.25) is 11.9 Å². The van der Waals surface area contributed by atoms with Gasteiger partial charge in [0, 0.05) is 19.2 Å². The van der Waals surface area contributed by atoms with Crippen LogP contribution >= 0.6 is 0 Å². The van der Waals surface area contributed by atoms with Gasteiger partial charge in [0.1, 0.15) is 0 Å². The fourth-order valence-electron chi connectivity index (χ4n) is 0.988. The fourth-order valence-corrected chi connectivity index (χ4v) is 0.988. The highest BCUT2D eigenvalue weighted by atomic mass is 19.2. The Bertz CT molecular complexity index is 423. The third kappa shape index (κ3) is 2.97. The summed E-state index contributed by atoms with van der Waals surface area (Å²) in [6, 6.07) is 1.04. The van der Waals surface area contributed by atoms with Crippen LogP contribution in [-0.4, -0.2) is 23.3 Å². The highest BCUT2D eigenvalue weighted by molar-refractivity contribution is 5.94. The Morgan fingerprint density at radius 2 is 2.12 bits per heavy atom. The number of nitrogens with two attached hydrogens (primary N) is 1. The van der Waals surface area contributed by atoms with E-state index in [0.29, 0.717) is 0 Å². The molecule has 0 aliphatic carbocycles. The second-order valence-corrected chi connectivity index (χ2v) is 2.94. The predicted octanol–water partition coefficient (Wildman–Crippen LogP) is -0.0350. The molecule has 2 amide bonds. The zero-order valence-electron chi connectivity index (χ0n) is 8.17. The van der Waals surface area contributed by atoms with Gasteiger partial charge in [0.15, 0.2) is 5.82 Å². The molecule has 0 aromatic carbocycles. The molecule has 0 atom stereocenters. The Hall–Kier alpha value is -2.05. The summed E-state index contributed by atoms with van der Waals surface area (Å²) in [5.74, 6) is -4.08. The highest BCUT2D eigenvalue weighted by Gasteiger charge is 2.15. The topological polar surface area (TPSA) is 85.1 Å². The van der Waals surface area contributed by atoms with E-state index in [-0.39, 0.29) is 13.0 Å². The standard InChI is InChI=1S/C9H9F2N3O2/c10-7-5(1-3-13-8(7)11)9(16)14-4-2-6(12)15/h1,3H,2,4H2,(H2,12,15)(H,14,16). The highest BCUT2D eigenvalue weighted by Crippen LogP contribution is 2.08. The van der Waals surface area contributed by atoms with Crippen molar-refractivity contribution in [2.75, 3.05) is 6.54 Å². The van der Waals surface area contributed by atoms with Crippen molar-refractivity contribution in [2.45, 2.75) is 6.42 Å². The predicted molar refractivity (Wildman–Crippen MR) is 50.3 cm³/mol. The van der Waals surface area contributed by atoms with Crippen LogP contribution in [0.5, 0.6) is 0 Å². The minimum atomic E-state index is -1.34. The average molecular weight is 229 g/mol. The van der Waals surface area contributed by atoms with Crippen LogP contribution in [0.15, 0.2) is 12.3 Å². The molecule has 0 saturated heterocycles. The molecular formula is C9H9F2N3O2. The van der Waals surface area contributed by atoms with Gasteiger partial charge >= 0.3 is 0 Å². The van der Waals surface area contributed by atoms with E-state index in [2.05, 4.69) is 10.3 Å². The third-order valence-corrected chi connectivity index (χ3v) is 1.75. The van der Waals surface area contributed by atoms with Gasteiger partial charge < -0.3 is 11.1 Å². The third-order valence-electron chi connectivity index (χ3n) is 1.75. The fraction of sp³-hybridized carbons (Fsp3) is 0.222. The molecule has 0 bridgehead atoms. The number of pyridine rings is 1. The van der Waals surface area contributed by atoms with Gasteiger partial charge in [-0.05, 0) is 6.07 Å². The number of rotatable bonds is 4. The van der Waals surface area contributed by atoms with E-state index in [1.54, 1.807) is 0 Å². The van der Waals surface area contributed by atoms with E-state index in [1.807, 2.05) is 0 Å². The van der Waals surface area contributed by atoms with Crippen LogP contribution in [-0.2, 0) is 4.79 Å². The first-order chi connectivity index (χ1) is 7.52. The maximum Gasteiger partial charge on any atom is 0.254 e. The second kappa shape index (κ2) is 5.15. The molecule has 0 aliphatic rings. The van der Waals surface area contributed by atoms with Crippen LogP contribution in [0.4, 0.5) is 8.78 Å². The van der Waals surface area contributed by atoms with Crippen LogP contribution in [0.3, 0.4) is 0 Å². The molecular weight excluding hydrogens is 220 g/mol. The summed E-state index contributed by atoms with van der Waals surface area (Å²) in [5, 5.41) is 2.22. The molecule has 86 valence electrons. The van der Waals surface area contributed by atoms with E-state index in [0.717, 1.165) is 12.3 Å². The lowest BCUT2D eigenvalue weighted by Gasteiger charge is -2.04. The molecule has 0 radical (unpaired) electrons. The lowest BCUT2D eigenvalue weighted by molar-refractivity contribution is -0.117. The van der Waals surface area contributed by atoms with Gasteiger partial charge in [-0.2, -0.15) is 4.39 Å². The van der Waals surface area contributed by atoms with Crippen molar-refractivity contribution in [3.63, 3.8) is 0 Å². The van der Waals surface area contributed by atoms with Crippen molar-refractivity contribution in [3.05, 3.63) is 29.6 Å². The lowest BCUT2D eigenvalue weighted by atomic mass is 10.2. The van der Waals surface area contributed by atoms with Crippen LogP contribution < -0.4 is 11.1 Å². The second-order valence-electron chi connectivity index (χ2n) is 2.94. The smallest absolute Gasteiger partial charge is 0.254 e. The van der Waals surface area contributed by atoms with Gasteiger partial charge in [-0.3, -0.25) is 9.59 Å². The number of hydrogen-bond acceptors (Lipinski definition) is 3. The number of primary amides is 1. The normalized spacial score (nSPS) is 9.88. The molecule has 16 heavy (non-hydrogen) atoms. The Labute approximate surface area is 89.7 Å². The largest absolute Gasteiger partial charge is 0.370 e. The molecule has 1 aromatic rings. The van der Waals surface area contributed by atoms with Gasteiger partial charge in [0.25, 0.3) is 5.91 Å². The lowest BCUT2D eigenvalue weighted by Crippen LogP contribution is -2.28. The van der Waals surface area contributed by atoms with Crippen molar-refractivity contribution in [1.82, 2.24) is 10.3 Å². The van der Waals surface area contributed by atoms with Gasteiger partial charge in [0.05, 0.1) is 5.56 Å². The van der Waals surface area contributed by atoms with Gasteiger partial charge in [-0.15, -0.1) is 0 Å². The SMILES string of the molecule is NC(=O)CCNC(=O)c1ccnc(F)c1F. The van der Waals surface area contributed by atoms with Crippen molar-refractivity contribution in [2.24, 2.45) is 5.73 Å². The Morgan fingerprint density at radius 1 is 1.44 bits per heavy atom. The number of nitrogens with zero attached hydrogens (tertiary/aromatic N) is 1. The van der Waals surface area contributed by atoms with Gasteiger partial charge in [-0.1, -0.05) is 0 Å². The van der Waals surface area contributed by atoms with E-state index in [9.17, 15) is 18.4 Å². The van der Waals surface area contributed by atoms with Crippen LogP contribution in [0.2, 0.25) is 0 Å². The first-order valence-corrected chi connectivity index (χ1v) is 4.39. The van der Waals surface area contributed by atoms with Crippen LogP contribution in [0.1, 0.15) is 16.8 Å². The molecule has 0 unspecified atom stereocenters. The van der Waals surface area contributed by atoms with Crippen molar-refractivity contribution in [1.29, 1.82) is 0 Å². The first-order valence-electron chi connectivity index (χ1n) is 4.39. The monoisotopic (exact) mass is 229 g/mol. The number of carbonyl (C=O) groups excluding carboxylic acids is 2. The zero-order valence-corrected chi connectivity index (χ0v) is 8.17. The zero-order chi connectivity index (χ0) is 12.1. The minimum Gasteiger partial charge on any atom is -0.370 e. The Morgan fingerprint density at radius 3 is 2.75 bits per heavy atom. The minimum absolute atomic E-state index is 0.0302.